The van der Waals surface area contributed by atoms with Gasteiger partial charge in [0, 0.05) is 24.7 Å². The number of aromatic carboxylic acids is 1. The SMILES string of the molecule is Cn1c(C(=O)O)cc2cccc(Oc3ccnc(N)n3)c21. The largest absolute Gasteiger partial charge is 0.477 e. The van der Waals surface area contributed by atoms with Crippen LogP contribution in [0.2, 0.25) is 0 Å². The molecular formula is C14H12N4O3. The van der Waals surface area contributed by atoms with Gasteiger partial charge in [0.05, 0.1) is 5.52 Å². The Hall–Kier alpha value is -3.09. The molecule has 3 rings (SSSR count). The standard InChI is InChI=1S/C14H12N4O3/c1-18-9(13(19)20)7-8-3-2-4-10(12(8)18)21-11-5-6-16-14(15)17-11/h2-7H,1H3,(H,19,20)(H2,15,16,17). The van der Waals surface area contributed by atoms with E-state index >= 15 is 0 Å². The van der Waals surface area contributed by atoms with Gasteiger partial charge in [0.2, 0.25) is 11.8 Å². The number of benzene rings is 1. The maximum absolute atomic E-state index is 11.2. The Balaban J connectivity index is 2.12. The topological polar surface area (TPSA) is 103 Å². The van der Waals surface area contributed by atoms with Gasteiger partial charge in [-0.15, -0.1) is 0 Å². The van der Waals surface area contributed by atoms with Crippen LogP contribution in [0.15, 0.2) is 36.5 Å². The molecule has 0 unspecified atom stereocenters. The summed E-state index contributed by atoms with van der Waals surface area (Å²) in [6.45, 7) is 0. The molecule has 106 valence electrons. The molecule has 2 aromatic heterocycles. The summed E-state index contributed by atoms with van der Waals surface area (Å²) in [5.74, 6) is -0.0858. The van der Waals surface area contributed by atoms with Crippen LogP contribution in [0.4, 0.5) is 5.95 Å². The molecule has 7 heteroatoms. The smallest absolute Gasteiger partial charge is 0.352 e. The molecule has 0 aliphatic rings. The van der Waals surface area contributed by atoms with Crippen molar-refractivity contribution < 1.29 is 14.6 Å². The molecule has 21 heavy (non-hydrogen) atoms. The molecule has 3 aromatic rings. The van der Waals surface area contributed by atoms with Crippen LogP contribution in [-0.2, 0) is 7.05 Å². The number of aryl methyl sites for hydroxylation is 1. The number of aromatic nitrogens is 3. The lowest BCUT2D eigenvalue weighted by Crippen LogP contribution is -2.04. The van der Waals surface area contributed by atoms with Gasteiger partial charge in [0.25, 0.3) is 0 Å². The molecule has 0 saturated carbocycles. The first-order valence-corrected chi connectivity index (χ1v) is 6.14. The van der Waals surface area contributed by atoms with E-state index in [0.29, 0.717) is 17.1 Å². The predicted octanol–water partition coefficient (Wildman–Crippen LogP) is 2.04. The number of anilines is 1. The highest BCUT2D eigenvalue weighted by atomic mass is 16.5. The molecule has 0 radical (unpaired) electrons. The fraction of sp³-hybridized carbons (Fsp3) is 0.0714. The third kappa shape index (κ3) is 2.25. The highest BCUT2D eigenvalue weighted by Crippen LogP contribution is 2.31. The summed E-state index contributed by atoms with van der Waals surface area (Å²) >= 11 is 0. The summed E-state index contributed by atoms with van der Waals surface area (Å²) in [4.78, 5) is 19.0. The van der Waals surface area contributed by atoms with E-state index < -0.39 is 5.97 Å². The van der Waals surface area contributed by atoms with Crippen molar-refractivity contribution in [2.75, 3.05) is 5.73 Å². The van der Waals surface area contributed by atoms with Crippen molar-refractivity contribution in [1.29, 1.82) is 0 Å². The van der Waals surface area contributed by atoms with Crippen LogP contribution in [0.3, 0.4) is 0 Å². The molecule has 0 bridgehead atoms. The second kappa shape index (κ2) is 4.78. The minimum absolute atomic E-state index is 0.109. The van der Waals surface area contributed by atoms with Gasteiger partial charge in [0.1, 0.15) is 5.69 Å². The maximum atomic E-state index is 11.2. The molecule has 0 aliphatic carbocycles. The lowest BCUT2D eigenvalue weighted by Gasteiger charge is -2.08. The monoisotopic (exact) mass is 284 g/mol. The van der Waals surface area contributed by atoms with Gasteiger partial charge in [-0.1, -0.05) is 12.1 Å². The Morgan fingerprint density at radius 1 is 1.38 bits per heavy atom. The quantitative estimate of drug-likeness (QED) is 0.762. The fourth-order valence-corrected chi connectivity index (χ4v) is 2.19. The van der Waals surface area contributed by atoms with Crippen LogP contribution in [0.1, 0.15) is 10.5 Å². The van der Waals surface area contributed by atoms with E-state index in [2.05, 4.69) is 9.97 Å². The highest BCUT2D eigenvalue weighted by Gasteiger charge is 2.15. The average molecular weight is 284 g/mol. The first-order chi connectivity index (χ1) is 10.1. The number of nitrogens with zero attached hydrogens (tertiary/aromatic N) is 3. The van der Waals surface area contributed by atoms with E-state index in [1.165, 1.54) is 6.20 Å². The van der Waals surface area contributed by atoms with Crippen LogP contribution in [0, 0.1) is 0 Å². The number of nitrogens with two attached hydrogens (primary N) is 1. The van der Waals surface area contributed by atoms with Crippen molar-refractivity contribution in [1.82, 2.24) is 14.5 Å². The Labute approximate surface area is 119 Å². The van der Waals surface area contributed by atoms with E-state index in [-0.39, 0.29) is 11.6 Å². The number of carboxylic acids is 1. The van der Waals surface area contributed by atoms with Crippen molar-refractivity contribution in [2.24, 2.45) is 7.05 Å². The summed E-state index contributed by atoms with van der Waals surface area (Å²) in [5.41, 5.74) is 6.37. The first kappa shape index (κ1) is 12.9. The zero-order valence-corrected chi connectivity index (χ0v) is 11.1. The van der Waals surface area contributed by atoms with Gasteiger partial charge in [0.15, 0.2) is 5.75 Å². The van der Waals surface area contributed by atoms with Gasteiger partial charge < -0.3 is 20.1 Å². The zero-order chi connectivity index (χ0) is 15.0. The van der Waals surface area contributed by atoms with E-state index in [0.717, 1.165) is 5.39 Å². The van der Waals surface area contributed by atoms with E-state index in [1.54, 1.807) is 35.9 Å². The third-order valence-corrected chi connectivity index (χ3v) is 3.10. The molecule has 2 heterocycles. The summed E-state index contributed by atoms with van der Waals surface area (Å²) in [6.07, 6.45) is 1.49. The Morgan fingerprint density at radius 3 is 2.90 bits per heavy atom. The van der Waals surface area contributed by atoms with Crippen LogP contribution in [-0.4, -0.2) is 25.6 Å². The number of rotatable bonds is 3. The second-order valence-corrected chi connectivity index (χ2v) is 4.44. The van der Waals surface area contributed by atoms with Gasteiger partial charge in [-0.05, 0) is 12.1 Å². The van der Waals surface area contributed by atoms with Gasteiger partial charge >= 0.3 is 5.97 Å². The molecule has 0 amide bonds. The minimum atomic E-state index is -0.995. The van der Waals surface area contributed by atoms with Crippen molar-refractivity contribution in [2.45, 2.75) is 0 Å². The van der Waals surface area contributed by atoms with Crippen LogP contribution < -0.4 is 10.5 Å². The van der Waals surface area contributed by atoms with Crippen LogP contribution in [0.25, 0.3) is 10.9 Å². The molecule has 0 fully saturated rings. The van der Waals surface area contributed by atoms with Crippen LogP contribution in [0.5, 0.6) is 11.6 Å². The molecular weight excluding hydrogens is 272 g/mol. The molecule has 0 saturated heterocycles. The van der Waals surface area contributed by atoms with Crippen LogP contribution >= 0.6 is 0 Å². The third-order valence-electron chi connectivity index (χ3n) is 3.10. The summed E-state index contributed by atoms with van der Waals surface area (Å²) < 4.78 is 7.27. The summed E-state index contributed by atoms with van der Waals surface area (Å²) in [7, 11) is 1.67. The van der Waals surface area contributed by atoms with Gasteiger partial charge in [-0.2, -0.15) is 4.98 Å². The Bertz CT molecular complexity index is 841. The van der Waals surface area contributed by atoms with Crippen molar-refractivity contribution in [3.05, 3.63) is 42.2 Å². The first-order valence-electron chi connectivity index (χ1n) is 6.14. The van der Waals surface area contributed by atoms with E-state index in [9.17, 15) is 9.90 Å². The number of fused-ring (bicyclic) bond motifs is 1. The predicted molar refractivity (Wildman–Crippen MR) is 76.4 cm³/mol. The van der Waals surface area contributed by atoms with Gasteiger partial charge in [-0.25, -0.2) is 9.78 Å². The number of para-hydroxylation sites is 1. The normalized spacial score (nSPS) is 10.7. The fourth-order valence-electron chi connectivity index (χ4n) is 2.19. The molecule has 0 aliphatic heterocycles. The molecule has 0 spiro atoms. The lowest BCUT2D eigenvalue weighted by molar-refractivity contribution is 0.0687. The Morgan fingerprint density at radius 2 is 2.19 bits per heavy atom. The van der Waals surface area contributed by atoms with Crippen molar-refractivity contribution in [3.63, 3.8) is 0 Å². The number of carbonyl (C=O) groups is 1. The zero-order valence-electron chi connectivity index (χ0n) is 11.1. The molecule has 1 aromatic carbocycles. The molecule has 7 nitrogen and oxygen atoms in total. The van der Waals surface area contributed by atoms with Crippen molar-refractivity contribution in [3.8, 4) is 11.6 Å². The van der Waals surface area contributed by atoms with Crippen molar-refractivity contribution >= 4 is 22.8 Å². The van der Waals surface area contributed by atoms with E-state index in [1.807, 2.05) is 6.07 Å². The number of nitrogen functional groups attached to an aromatic ring is 1. The maximum Gasteiger partial charge on any atom is 0.352 e. The highest BCUT2D eigenvalue weighted by molar-refractivity contribution is 5.96. The van der Waals surface area contributed by atoms with Gasteiger partial charge in [-0.3, -0.25) is 0 Å². The second-order valence-electron chi connectivity index (χ2n) is 4.44. The van der Waals surface area contributed by atoms with E-state index in [4.69, 9.17) is 10.5 Å². The number of hydrogen-bond donors (Lipinski definition) is 2. The summed E-state index contributed by atoms with van der Waals surface area (Å²) in [6, 6.07) is 8.53. The minimum Gasteiger partial charge on any atom is -0.477 e. The number of ether oxygens (including phenoxy) is 1. The number of hydrogen-bond acceptors (Lipinski definition) is 5. The molecule has 3 N–H and O–H groups in total. The number of carboxylic acid groups (broad SMARTS) is 1. The lowest BCUT2D eigenvalue weighted by atomic mass is 10.2. The molecule has 0 atom stereocenters. The summed E-state index contributed by atoms with van der Waals surface area (Å²) in [5, 5.41) is 9.96. The average Bonchev–Trinajstić information content (AvgIpc) is 2.77. The Kier molecular flexibility index (Phi) is 2.94.